The van der Waals surface area contributed by atoms with Crippen LogP contribution < -0.4 is 0 Å². The number of nitrogens with zero attached hydrogens (tertiary/aromatic N) is 3. The van der Waals surface area contributed by atoms with Crippen LogP contribution >= 0.6 is 0 Å². The fourth-order valence-corrected chi connectivity index (χ4v) is 1.73. The smallest absolute Gasteiger partial charge is 0.156 e. The zero-order valence-corrected chi connectivity index (χ0v) is 9.96. The van der Waals surface area contributed by atoms with E-state index in [9.17, 15) is 0 Å². The van der Waals surface area contributed by atoms with E-state index in [4.69, 9.17) is 0 Å². The highest BCUT2D eigenvalue weighted by atomic mass is 15.2. The standard InChI is InChI=1S/C15H11N3/c1-12-11-15-16-14(9-10-18(15)17-12)8-7-13-5-3-2-4-6-13/h2-6,9-11H,1H3. The molecule has 0 radical (unpaired) electrons. The second-order valence-corrected chi connectivity index (χ2v) is 4.02. The summed E-state index contributed by atoms with van der Waals surface area (Å²) >= 11 is 0. The van der Waals surface area contributed by atoms with Crippen LogP contribution in [0.3, 0.4) is 0 Å². The lowest BCUT2D eigenvalue weighted by Crippen LogP contribution is -1.91. The zero-order chi connectivity index (χ0) is 12.4. The number of rotatable bonds is 0. The van der Waals surface area contributed by atoms with Crippen LogP contribution in [0.25, 0.3) is 5.65 Å². The number of benzene rings is 1. The summed E-state index contributed by atoms with van der Waals surface area (Å²) in [6, 6.07) is 13.7. The van der Waals surface area contributed by atoms with Crippen LogP contribution in [-0.4, -0.2) is 14.6 Å². The molecule has 3 heteroatoms. The lowest BCUT2D eigenvalue weighted by Gasteiger charge is -1.92. The van der Waals surface area contributed by atoms with Crippen LogP contribution in [0.15, 0.2) is 48.7 Å². The molecule has 1 aromatic carbocycles. The van der Waals surface area contributed by atoms with Crippen molar-refractivity contribution in [3.05, 3.63) is 65.6 Å². The Balaban J connectivity index is 1.98. The molecule has 2 aromatic heterocycles. The molecule has 0 N–H and O–H groups in total. The zero-order valence-electron chi connectivity index (χ0n) is 9.96. The molecule has 0 unspecified atom stereocenters. The van der Waals surface area contributed by atoms with E-state index in [-0.39, 0.29) is 0 Å². The van der Waals surface area contributed by atoms with Crippen LogP contribution in [0.2, 0.25) is 0 Å². The molecule has 0 atom stereocenters. The van der Waals surface area contributed by atoms with Crippen LogP contribution in [0.5, 0.6) is 0 Å². The molecule has 0 spiro atoms. The molecule has 3 nitrogen and oxygen atoms in total. The SMILES string of the molecule is Cc1cc2nc(C#Cc3ccccc3)ccn2n1. The van der Waals surface area contributed by atoms with E-state index in [2.05, 4.69) is 21.9 Å². The maximum atomic E-state index is 4.44. The molecule has 0 bridgehead atoms. The van der Waals surface area contributed by atoms with Crippen molar-refractivity contribution in [2.75, 3.05) is 0 Å². The van der Waals surface area contributed by atoms with Gasteiger partial charge in [0, 0.05) is 17.8 Å². The molecule has 0 saturated heterocycles. The molecule has 3 aromatic rings. The third-order valence-corrected chi connectivity index (χ3v) is 2.56. The van der Waals surface area contributed by atoms with Crippen molar-refractivity contribution < 1.29 is 0 Å². The molecular formula is C15H11N3. The number of fused-ring (bicyclic) bond motifs is 1. The number of hydrogen-bond donors (Lipinski definition) is 0. The van der Waals surface area contributed by atoms with E-state index in [1.54, 1.807) is 4.52 Å². The molecule has 0 saturated carbocycles. The van der Waals surface area contributed by atoms with E-state index in [1.807, 2.05) is 55.6 Å². The van der Waals surface area contributed by atoms with Crippen molar-refractivity contribution in [1.29, 1.82) is 0 Å². The second kappa shape index (κ2) is 4.34. The number of hydrogen-bond acceptors (Lipinski definition) is 2. The van der Waals surface area contributed by atoms with Gasteiger partial charge in [-0.15, -0.1) is 0 Å². The lowest BCUT2D eigenvalue weighted by atomic mass is 10.2. The van der Waals surface area contributed by atoms with Gasteiger partial charge in [0.05, 0.1) is 5.69 Å². The minimum atomic E-state index is 0.756. The fourth-order valence-electron chi connectivity index (χ4n) is 1.73. The number of aryl methyl sites for hydroxylation is 1. The molecular weight excluding hydrogens is 222 g/mol. The fraction of sp³-hybridized carbons (Fsp3) is 0.0667. The Morgan fingerprint density at radius 3 is 2.72 bits per heavy atom. The predicted molar refractivity (Wildman–Crippen MR) is 70.1 cm³/mol. The monoisotopic (exact) mass is 233 g/mol. The first-order valence-electron chi connectivity index (χ1n) is 5.71. The van der Waals surface area contributed by atoms with Crippen molar-refractivity contribution in [2.45, 2.75) is 6.92 Å². The first-order chi connectivity index (χ1) is 8.81. The Morgan fingerprint density at radius 1 is 1.06 bits per heavy atom. The van der Waals surface area contributed by atoms with Crippen LogP contribution in [0.1, 0.15) is 17.0 Å². The van der Waals surface area contributed by atoms with Crippen LogP contribution in [0, 0.1) is 18.8 Å². The summed E-state index contributed by atoms with van der Waals surface area (Å²) in [5.41, 5.74) is 3.53. The Labute approximate surface area is 105 Å². The molecule has 3 rings (SSSR count). The van der Waals surface area contributed by atoms with Gasteiger partial charge in [-0.3, -0.25) is 0 Å². The van der Waals surface area contributed by atoms with Crippen LogP contribution in [-0.2, 0) is 0 Å². The maximum Gasteiger partial charge on any atom is 0.156 e. The molecule has 0 aliphatic rings. The van der Waals surface area contributed by atoms with Gasteiger partial charge < -0.3 is 0 Å². The van der Waals surface area contributed by atoms with Crippen molar-refractivity contribution in [3.63, 3.8) is 0 Å². The Hall–Kier alpha value is -2.60. The third-order valence-electron chi connectivity index (χ3n) is 2.56. The summed E-state index contributed by atoms with van der Waals surface area (Å²) < 4.78 is 1.75. The van der Waals surface area contributed by atoms with Gasteiger partial charge in [-0.25, -0.2) is 9.50 Å². The van der Waals surface area contributed by atoms with Crippen molar-refractivity contribution >= 4 is 5.65 Å². The van der Waals surface area contributed by atoms with Gasteiger partial charge in [0.1, 0.15) is 5.69 Å². The highest BCUT2D eigenvalue weighted by molar-refractivity contribution is 5.45. The van der Waals surface area contributed by atoms with Crippen molar-refractivity contribution in [2.24, 2.45) is 0 Å². The summed E-state index contributed by atoms with van der Waals surface area (Å²) in [6.45, 7) is 1.95. The van der Waals surface area contributed by atoms with E-state index in [0.29, 0.717) is 0 Å². The highest BCUT2D eigenvalue weighted by Gasteiger charge is 1.98. The van der Waals surface area contributed by atoms with Gasteiger partial charge in [-0.2, -0.15) is 5.10 Å². The van der Waals surface area contributed by atoms with Gasteiger partial charge in [0.2, 0.25) is 0 Å². The third kappa shape index (κ3) is 2.09. The summed E-state index contributed by atoms with van der Waals surface area (Å²) in [7, 11) is 0. The predicted octanol–water partition coefficient (Wildman–Crippen LogP) is 2.44. The summed E-state index contributed by atoms with van der Waals surface area (Å²) in [5, 5.41) is 4.28. The van der Waals surface area contributed by atoms with Gasteiger partial charge in [0.25, 0.3) is 0 Å². The normalized spacial score (nSPS) is 10.1. The molecule has 86 valence electrons. The average molecular weight is 233 g/mol. The van der Waals surface area contributed by atoms with Gasteiger partial charge >= 0.3 is 0 Å². The van der Waals surface area contributed by atoms with Crippen molar-refractivity contribution in [1.82, 2.24) is 14.6 Å². The molecule has 2 heterocycles. The molecule has 0 aliphatic heterocycles. The summed E-state index contributed by atoms with van der Waals surface area (Å²) in [5.74, 6) is 6.15. The summed E-state index contributed by atoms with van der Waals surface area (Å²) in [6.07, 6.45) is 1.88. The first kappa shape index (κ1) is 10.5. The minimum Gasteiger partial charge on any atom is -0.222 e. The largest absolute Gasteiger partial charge is 0.222 e. The minimum absolute atomic E-state index is 0.756. The average Bonchev–Trinajstić information content (AvgIpc) is 2.77. The second-order valence-electron chi connectivity index (χ2n) is 4.02. The molecule has 18 heavy (non-hydrogen) atoms. The topological polar surface area (TPSA) is 30.2 Å². The Morgan fingerprint density at radius 2 is 1.89 bits per heavy atom. The van der Waals surface area contributed by atoms with E-state index in [1.165, 1.54) is 0 Å². The highest BCUT2D eigenvalue weighted by Crippen LogP contribution is 2.04. The molecule has 0 amide bonds. The lowest BCUT2D eigenvalue weighted by molar-refractivity contribution is 0.914. The van der Waals surface area contributed by atoms with E-state index in [0.717, 1.165) is 22.6 Å². The Kier molecular flexibility index (Phi) is 2.54. The van der Waals surface area contributed by atoms with Gasteiger partial charge in [0.15, 0.2) is 5.65 Å². The van der Waals surface area contributed by atoms with Crippen molar-refractivity contribution in [3.8, 4) is 11.8 Å². The van der Waals surface area contributed by atoms with E-state index < -0.39 is 0 Å². The summed E-state index contributed by atoms with van der Waals surface area (Å²) in [4.78, 5) is 4.44. The van der Waals surface area contributed by atoms with Gasteiger partial charge in [-0.05, 0) is 31.0 Å². The quantitative estimate of drug-likeness (QED) is 0.558. The Bertz CT molecular complexity index is 745. The number of aromatic nitrogens is 3. The van der Waals surface area contributed by atoms with Crippen LogP contribution in [0.4, 0.5) is 0 Å². The van der Waals surface area contributed by atoms with E-state index >= 15 is 0 Å². The maximum absolute atomic E-state index is 4.44. The van der Waals surface area contributed by atoms with Gasteiger partial charge in [-0.1, -0.05) is 24.1 Å². The first-order valence-corrected chi connectivity index (χ1v) is 5.71. The molecule has 0 aliphatic carbocycles. The molecule has 0 fully saturated rings.